The average Bonchev–Trinajstić information content (AvgIpc) is 2.35. The summed E-state index contributed by atoms with van der Waals surface area (Å²) in [4.78, 5) is 8.01. The van der Waals surface area contributed by atoms with Gasteiger partial charge in [0.05, 0.1) is 18.5 Å². The summed E-state index contributed by atoms with van der Waals surface area (Å²) in [6.07, 6.45) is 3.08. The Morgan fingerprint density at radius 3 is 2.78 bits per heavy atom. The first-order chi connectivity index (χ1) is 8.69. The molecule has 0 unspecified atom stereocenters. The molecule has 0 spiro atoms. The highest BCUT2D eigenvalue weighted by Gasteiger charge is 2.05. The topological polar surface area (TPSA) is 47.0 Å². The molecule has 0 aromatic carbocycles. The van der Waals surface area contributed by atoms with Crippen LogP contribution >= 0.6 is 15.9 Å². The van der Waals surface area contributed by atoms with E-state index in [4.69, 9.17) is 4.74 Å². The fourth-order valence-electron chi connectivity index (χ4n) is 1.33. The molecule has 1 N–H and O–H groups in total. The van der Waals surface area contributed by atoms with Gasteiger partial charge in [0, 0.05) is 16.7 Å². The van der Waals surface area contributed by atoms with E-state index in [1.165, 1.54) is 12.3 Å². The molecule has 0 bridgehead atoms. The van der Waals surface area contributed by atoms with Gasteiger partial charge in [0.15, 0.2) is 11.6 Å². The van der Waals surface area contributed by atoms with Crippen LogP contribution in [-0.2, 0) is 0 Å². The minimum Gasteiger partial charge on any atom is -0.478 e. The first-order valence-corrected chi connectivity index (χ1v) is 6.15. The summed E-state index contributed by atoms with van der Waals surface area (Å²) in [5, 5.41) is 2.84. The largest absolute Gasteiger partial charge is 0.478 e. The summed E-state index contributed by atoms with van der Waals surface area (Å²) in [5.74, 6) is 0.259. The molecule has 2 heterocycles. The number of halogens is 2. The number of nitrogens with one attached hydrogen (secondary N) is 1. The lowest BCUT2D eigenvalue weighted by molar-refractivity contribution is 0.327. The lowest BCUT2D eigenvalue weighted by Gasteiger charge is -2.07. The van der Waals surface area contributed by atoms with E-state index in [9.17, 15) is 4.39 Å². The van der Waals surface area contributed by atoms with Crippen molar-refractivity contribution in [3.8, 4) is 5.88 Å². The SMILES string of the molecule is CCOc1ccc(Nc2ncc(Br)cc2F)cn1. The molecule has 2 rings (SSSR count). The van der Waals surface area contributed by atoms with Crippen LogP contribution in [0, 0.1) is 5.82 Å². The Kier molecular flexibility index (Phi) is 4.09. The molecule has 0 fully saturated rings. The average molecular weight is 312 g/mol. The van der Waals surface area contributed by atoms with Crippen LogP contribution in [0.5, 0.6) is 5.88 Å². The van der Waals surface area contributed by atoms with Gasteiger partial charge in [-0.3, -0.25) is 0 Å². The lowest BCUT2D eigenvalue weighted by atomic mass is 10.4. The monoisotopic (exact) mass is 311 g/mol. The number of ether oxygens (including phenoxy) is 1. The number of nitrogens with zero attached hydrogens (tertiary/aromatic N) is 2. The third kappa shape index (κ3) is 3.16. The molecule has 0 radical (unpaired) electrons. The fourth-order valence-corrected chi connectivity index (χ4v) is 1.63. The van der Waals surface area contributed by atoms with E-state index in [0.717, 1.165) is 0 Å². The van der Waals surface area contributed by atoms with Gasteiger partial charge >= 0.3 is 0 Å². The Morgan fingerprint density at radius 2 is 2.17 bits per heavy atom. The summed E-state index contributed by atoms with van der Waals surface area (Å²) in [6.45, 7) is 2.44. The second-order valence-electron chi connectivity index (χ2n) is 3.43. The van der Waals surface area contributed by atoms with Crippen molar-refractivity contribution < 1.29 is 9.13 Å². The molecule has 0 atom stereocenters. The molecule has 94 valence electrons. The zero-order valence-corrected chi connectivity index (χ0v) is 11.2. The first kappa shape index (κ1) is 12.8. The van der Waals surface area contributed by atoms with Gasteiger partial charge in [0.25, 0.3) is 0 Å². The summed E-state index contributed by atoms with van der Waals surface area (Å²) in [7, 11) is 0. The number of anilines is 2. The van der Waals surface area contributed by atoms with Gasteiger partial charge in [-0.25, -0.2) is 14.4 Å². The molecule has 0 aliphatic rings. The minimum atomic E-state index is -0.432. The summed E-state index contributed by atoms with van der Waals surface area (Å²) in [6, 6.07) is 4.81. The Hall–Kier alpha value is -1.69. The first-order valence-electron chi connectivity index (χ1n) is 5.36. The van der Waals surface area contributed by atoms with Crippen LogP contribution in [0.4, 0.5) is 15.9 Å². The van der Waals surface area contributed by atoms with E-state index in [0.29, 0.717) is 22.6 Å². The Labute approximate surface area is 112 Å². The Balaban J connectivity index is 2.13. The van der Waals surface area contributed by atoms with Crippen molar-refractivity contribution in [3.63, 3.8) is 0 Å². The van der Waals surface area contributed by atoms with E-state index in [1.54, 1.807) is 18.3 Å². The maximum absolute atomic E-state index is 13.5. The predicted molar refractivity (Wildman–Crippen MR) is 70.6 cm³/mol. The van der Waals surface area contributed by atoms with Gasteiger partial charge < -0.3 is 10.1 Å². The number of aromatic nitrogens is 2. The zero-order chi connectivity index (χ0) is 13.0. The van der Waals surface area contributed by atoms with E-state index < -0.39 is 5.82 Å². The highest BCUT2D eigenvalue weighted by molar-refractivity contribution is 9.10. The van der Waals surface area contributed by atoms with Gasteiger partial charge in [0.1, 0.15) is 0 Å². The standard InChI is InChI=1S/C12H11BrFN3O/c1-2-18-11-4-3-9(7-15-11)17-12-10(14)5-8(13)6-16-12/h3-7H,2H2,1H3,(H,16,17). The quantitative estimate of drug-likeness (QED) is 0.938. The second-order valence-corrected chi connectivity index (χ2v) is 4.34. The van der Waals surface area contributed by atoms with Crippen LogP contribution in [-0.4, -0.2) is 16.6 Å². The molecule has 2 aromatic heterocycles. The predicted octanol–water partition coefficient (Wildman–Crippen LogP) is 3.52. The van der Waals surface area contributed by atoms with Crippen LogP contribution in [0.1, 0.15) is 6.92 Å². The molecule has 0 saturated carbocycles. The third-order valence-corrected chi connectivity index (χ3v) is 2.53. The van der Waals surface area contributed by atoms with E-state index >= 15 is 0 Å². The normalized spacial score (nSPS) is 10.2. The maximum Gasteiger partial charge on any atom is 0.213 e. The minimum absolute atomic E-state index is 0.157. The number of pyridine rings is 2. The molecular weight excluding hydrogens is 301 g/mol. The van der Waals surface area contributed by atoms with Crippen LogP contribution in [0.2, 0.25) is 0 Å². The maximum atomic E-state index is 13.5. The molecular formula is C12H11BrFN3O. The van der Waals surface area contributed by atoms with Crippen molar-refractivity contribution in [2.45, 2.75) is 6.92 Å². The van der Waals surface area contributed by atoms with Gasteiger partial charge in [-0.2, -0.15) is 0 Å². The highest BCUT2D eigenvalue weighted by atomic mass is 79.9. The fraction of sp³-hybridized carbons (Fsp3) is 0.167. The van der Waals surface area contributed by atoms with E-state index in [-0.39, 0.29) is 5.82 Å². The smallest absolute Gasteiger partial charge is 0.213 e. The van der Waals surface area contributed by atoms with Gasteiger partial charge in [-0.1, -0.05) is 0 Å². The summed E-state index contributed by atoms with van der Waals surface area (Å²) in [5.41, 5.74) is 0.646. The molecule has 0 amide bonds. The second kappa shape index (κ2) is 5.77. The Bertz CT molecular complexity index is 533. The van der Waals surface area contributed by atoms with E-state index in [2.05, 4.69) is 31.2 Å². The van der Waals surface area contributed by atoms with Gasteiger partial charge in [-0.15, -0.1) is 0 Å². The van der Waals surface area contributed by atoms with Crippen molar-refractivity contribution >= 4 is 27.4 Å². The molecule has 0 saturated heterocycles. The van der Waals surface area contributed by atoms with Gasteiger partial charge in [-0.05, 0) is 35.0 Å². The molecule has 18 heavy (non-hydrogen) atoms. The van der Waals surface area contributed by atoms with Crippen LogP contribution in [0.3, 0.4) is 0 Å². The summed E-state index contributed by atoms with van der Waals surface area (Å²) < 4.78 is 19.3. The van der Waals surface area contributed by atoms with E-state index in [1.807, 2.05) is 6.92 Å². The third-order valence-electron chi connectivity index (χ3n) is 2.10. The van der Waals surface area contributed by atoms with Crippen molar-refractivity contribution in [2.24, 2.45) is 0 Å². The lowest BCUT2D eigenvalue weighted by Crippen LogP contribution is -1.98. The number of rotatable bonds is 4. The van der Waals surface area contributed by atoms with Crippen molar-refractivity contribution in [1.29, 1.82) is 0 Å². The zero-order valence-electron chi connectivity index (χ0n) is 9.65. The summed E-state index contributed by atoms with van der Waals surface area (Å²) >= 11 is 3.15. The van der Waals surface area contributed by atoms with Crippen LogP contribution in [0.15, 0.2) is 35.1 Å². The van der Waals surface area contributed by atoms with Crippen molar-refractivity contribution in [3.05, 3.63) is 40.9 Å². The molecule has 4 nitrogen and oxygen atoms in total. The van der Waals surface area contributed by atoms with Crippen LogP contribution in [0.25, 0.3) is 0 Å². The molecule has 0 aliphatic carbocycles. The molecule has 6 heteroatoms. The highest BCUT2D eigenvalue weighted by Crippen LogP contribution is 2.20. The number of hydrogen-bond donors (Lipinski definition) is 1. The van der Waals surface area contributed by atoms with Crippen LogP contribution < -0.4 is 10.1 Å². The Morgan fingerprint density at radius 1 is 1.33 bits per heavy atom. The van der Waals surface area contributed by atoms with Gasteiger partial charge in [0.2, 0.25) is 5.88 Å². The van der Waals surface area contributed by atoms with Crippen molar-refractivity contribution in [1.82, 2.24) is 9.97 Å². The number of hydrogen-bond acceptors (Lipinski definition) is 4. The molecule has 0 aliphatic heterocycles. The van der Waals surface area contributed by atoms with Crippen molar-refractivity contribution in [2.75, 3.05) is 11.9 Å². The molecule has 2 aromatic rings.